The molecule has 3 heterocycles. The van der Waals surface area contributed by atoms with E-state index in [0.717, 1.165) is 84.2 Å². The Kier molecular flexibility index (Phi) is 8.61. The van der Waals surface area contributed by atoms with Crippen LogP contribution in [0.15, 0.2) is 17.4 Å². The zero-order chi connectivity index (χ0) is 19.6. The minimum Gasteiger partial charge on any atom is -0.381 e. The monoisotopic (exact) mass is 391 g/mol. The van der Waals surface area contributed by atoms with Crippen LogP contribution < -0.4 is 5.32 Å². The fourth-order valence-corrected chi connectivity index (χ4v) is 4.04. The molecule has 2 aliphatic rings. The summed E-state index contributed by atoms with van der Waals surface area (Å²) in [5.74, 6) is 2.41. The molecule has 0 spiro atoms. The van der Waals surface area contributed by atoms with Gasteiger partial charge in [0.05, 0.1) is 6.20 Å². The second-order valence-electron chi connectivity index (χ2n) is 8.05. The fraction of sp³-hybridized carbons (Fsp3) is 0.810. The van der Waals surface area contributed by atoms with Crippen molar-refractivity contribution in [1.29, 1.82) is 0 Å². The second-order valence-corrected chi connectivity index (χ2v) is 8.05. The van der Waals surface area contributed by atoms with Crippen LogP contribution in [0.5, 0.6) is 0 Å². The molecular formula is C21H37N5O2. The van der Waals surface area contributed by atoms with Gasteiger partial charge in [0.1, 0.15) is 0 Å². The summed E-state index contributed by atoms with van der Waals surface area (Å²) in [6.07, 6.45) is 9.68. The highest BCUT2D eigenvalue weighted by atomic mass is 16.5. The Balaban J connectivity index is 1.36. The van der Waals surface area contributed by atoms with E-state index in [0.29, 0.717) is 11.8 Å². The molecule has 2 aliphatic heterocycles. The van der Waals surface area contributed by atoms with Crippen molar-refractivity contribution >= 4 is 5.96 Å². The van der Waals surface area contributed by atoms with E-state index in [1.54, 1.807) is 0 Å². The van der Waals surface area contributed by atoms with Crippen LogP contribution in [0.4, 0.5) is 0 Å². The molecule has 1 N–H and O–H groups in total. The summed E-state index contributed by atoms with van der Waals surface area (Å²) >= 11 is 0. The summed E-state index contributed by atoms with van der Waals surface area (Å²) < 4.78 is 13.1. The number of likely N-dealkylation sites (tertiary alicyclic amines) is 1. The highest BCUT2D eigenvalue weighted by Gasteiger charge is 2.25. The van der Waals surface area contributed by atoms with Crippen molar-refractivity contribution in [3.05, 3.63) is 18.0 Å². The number of nitrogens with zero attached hydrogens (tertiary/aromatic N) is 4. The predicted octanol–water partition coefficient (Wildman–Crippen LogP) is 2.08. The molecule has 1 unspecified atom stereocenters. The average Bonchev–Trinajstić information content (AvgIpc) is 3.33. The second kappa shape index (κ2) is 11.4. The molecule has 2 fully saturated rings. The van der Waals surface area contributed by atoms with E-state index in [4.69, 9.17) is 14.5 Å². The van der Waals surface area contributed by atoms with Gasteiger partial charge in [0, 0.05) is 65.9 Å². The molecule has 158 valence electrons. The van der Waals surface area contributed by atoms with Crippen LogP contribution in [0.2, 0.25) is 0 Å². The molecule has 1 aromatic rings. The molecule has 7 heteroatoms. The molecule has 0 aliphatic carbocycles. The molecule has 0 saturated carbocycles. The van der Waals surface area contributed by atoms with Gasteiger partial charge in [-0.25, -0.2) is 0 Å². The first-order valence-corrected chi connectivity index (χ1v) is 10.9. The van der Waals surface area contributed by atoms with Crippen molar-refractivity contribution in [2.75, 3.05) is 52.6 Å². The maximum atomic E-state index is 5.86. The number of nitrogens with one attached hydrogen (secondary N) is 1. The molecule has 2 saturated heterocycles. The number of rotatable bonds is 9. The van der Waals surface area contributed by atoms with Crippen molar-refractivity contribution in [3.63, 3.8) is 0 Å². The molecule has 0 bridgehead atoms. The Morgan fingerprint density at radius 2 is 2.18 bits per heavy atom. The van der Waals surface area contributed by atoms with Crippen molar-refractivity contribution in [2.45, 2.75) is 39.0 Å². The maximum absolute atomic E-state index is 5.86. The SMILES string of the molecule is CCNC(=NCCCOCC1CCOCC1)N1CCC(Cc2cnn(C)c2)C1. The standard InChI is InChI=1S/C21H37N5O2/c1-3-22-21(23-8-4-10-28-17-18-6-11-27-12-7-18)26-9-5-19(16-26)13-20-14-24-25(2)15-20/h14-15,18-19H,3-13,16-17H2,1-2H3,(H,22,23). The smallest absolute Gasteiger partial charge is 0.193 e. The van der Waals surface area contributed by atoms with Crippen LogP contribution in [0.3, 0.4) is 0 Å². The number of hydrogen-bond donors (Lipinski definition) is 1. The highest BCUT2D eigenvalue weighted by Crippen LogP contribution is 2.20. The number of guanidine groups is 1. The minimum atomic E-state index is 0.677. The van der Waals surface area contributed by atoms with Gasteiger partial charge in [-0.2, -0.15) is 5.10 Å². The van der Waals surface area contributed by atoms with E-state index >= 15 is 0 Å². The van der Waals surface area contributed by atoms with Gasteiger partial charge in [-0.15, -0.1) is 0 Å². The van der Waals surface area contributed by atoms with Gasteiger partial charge in [-0.05, 0) is 56.4 Å². The quantitative estimate of drug-likeness (QED) is 0.397. The minimum absolute atomic E-state index is 0.677. The first-order chi connectivity index (χ1) is 13.7. The van der Waals surface area contributed by atoms with Gasteiger partial charge in [0.2, 0.25) is 0 Å². The van der Waals surface area contributed by atoms with Gasteiger partial charge in [-0.3, -0.25) is 9.67 Å². The van der Waals surface area contributed by atoms with Gasteiger partial charge in [0.25, 0.3) is 0 Å². The summed E-state index contributed by atoms with van der Waals surface area (Å²) in [6, 6.07) is 0. The predicted molar refractivity (Wildman–Crippen MR) is 112 cm³/mol. The van der Waals surface area contributed by atoms with Gasteiger partial charge in [0.15, 0.2) is 5.96 Å². The Hall–Kier alpha value is -1.60. The lowest BCUT2D eigenvalue weighted by molar-refractivity contribution is 0.0205. The van der Waals surface area contributed by atoms with Crippen molar-refractivity contribution in [2.24, 2.45) is 23.9 Å². The van der Waals surface area contributed by atoms with Gasteiger partial charge < -0.3 is 19.7 Å². The first-order valence-electron chi connectivity index (χ1n) is 10.9. The third-order valence-corrected chi connectivity index (χ3v) is 5.61. The van der Waals surface area contributed by atoms with E-state index in [-0.39, 0.29) is 0 Å². The van der Waals surface area contributed by atoms with E-state index in [9.17, 15) is 0 Å². The number of hydrogen-bond acceptors (Lipinski definition) is 4. The summed E-state index contributed by atoms with van der Waals surface area (Å²) in [5, 5.41) is 7.75. The zero-order valence-electron chi connectivity index (χ0n) is 17.6. The maximum Gasteiger partial charge on any atom is 0.193 e. The van der Waals surface area contributed by atoms with Gasteiger partial charge in [-0.1, -0.05) is 0 Å². The number of aromatic nitrogens is 2. The molecule has 1 atom stereocenters. The highest BCUT2D eigenvalue weighted by molar-refractivity contribution is 5.80. The zero-order valence-corrected chi connectivity index (χ0v) is 17.6. The normalized spacial score (nSPS) is 21.4. The first kappa shape index (κ1) is 21.1. The van der Waals surface area contributed by atoms with Crippen LogP contribution in [0.25, 0.3) is 0 Å². The van der Waals surface area contributed by atoms with Crippen LogP contribution >= 0.6 is 0 Å². The van der Waals surface area contributed by atoms with Crippen molar-refractivity contribution < 1.29 is 9.47 Å². The molecule has 7 nitrogen and oxygen atoms in total. The number of ether oxygens (including phenoxy) is 2. The van der Waals surface area contributed by atoms with Crippen molar-refractivity contribution in [1.82, 2.24) is 20.0 Å². The third-order valence-electron chi connectivity index (χ3n) is 5.61. The lowest BCUT2D eigenvalue weighted by Crippen LogP contribution is -2.40. The van der Waals surface area contributed by atoms with Crippen molar-refractivity contribution in [3.8, 4) is 0 Å². The molecule has 28 heavy (non-hydrogen) atoms. The molecular weight excluding hydrogens is 354 g/mol. The fourth-order valence-electron chi connectivity index (χ4n) is 4.04. The largest absolute Gasteiger partial charge is 0.381 e. The van der Waals surface area contributed by atoms with E-state index in [1.807, 2.05) is 17.9 Å². The molecule has 0 aromatic carbocycles. The third kappa shape index (κ3) is 6.78. The lowest BCUT2D eigenvalue weighted by atomic mass is 10.0. The Morgan fingerprint density at radius 1 is 1.32 bits per heavy atom. The number of aliphatic imine (C=N–C) groups is 1. The summed E-state index contributed by atoms with van der Waals surface area (Å²) in [6.45, 7) is 9.46. The van der Waals surface area contributed by atoms with E-state index in [2.05, 4.69) is 28.4 Å². The van der Waals surface area contributed by atoms with Crippen LogP contribution in [0.1, 0.15) is 38.2 Å². The van der Waals surface area contributed by atoms with Crippen LogP contribution in [-0.2, 0) is 22.9 Å². The van der Waals surface area contributed by atoms with E-state index in [1.165, 1.54) is 12.0 Å². The number of aryl methyl sites for hydroxylation is 1. The topological polar surface area (TPSA) is 63.9 Å². The summed E-state index contributed by atoms with van der Waals surface area (Å²) in [4.78, 5) is 7.25. The average molecular weight is 392 g/mol. The van der Waals surface area contributed by atoms with Crippen LogP contribution in [-0.4, -0.2) is 73.2 Å². The lowest BCUT2D eigenvalue weighted by Gasteiger charge is -2.22. The molecule has 0 amide bonds. The van der Waals surface area contributed by atoms with Crippen LogP contribution in [0, 0.1) is 11.8 Å². The Bertz CT molecular complexity index is 597. The summed E-state index contributed by atoms with van der Waals surface area (Å²) in [7, 11) is 1.98. The molecule has 0 radical (unpaired) electrons. The Morgan fingerprint density at radius 3 is 2.93 bits per heavy atom. The molecule has 1 aromatic heterocycles. The molecule has 3 rings (SSSR count). The Labute approximate surface area is 169 Å². The summed E-state index contributed by atoms with van der Waals surface area (Å²) in [5.41, 5.74) is 1.33. The van der Waals surface area contributed by atoms with Gasteiger partial charge >= 0.3 is 0 Å². The van der Waals surface area contributed by atoms with E-state index < -0.39 is 0 Å².